The molecule has 20 heavy (non-hydrogen) atoms. The van der Waals surface area contributed by atoms with Crippen molar-refractivity contribution in [1.29, 1.82) is 0 Å². The molecule has 2 aromatic heterocycles. The van der Waals surface area contributed by atoms with Crippen LogP contribution in [0.15, 0.2) is 36.7 Å². The predicted molar refractivity (Wildman–Crippen MR) is 77.8 cm³/mol. The summed E-state index contributed by atoms with van der Waals surface area (Å²) in [5.74, 6) is 0.491. The van der Waals surface area contributed by atoms with Gasteiger partial charge in [0.2, 0.25) is 0 Å². The van der Waals surface area contributed by atoms with Crippen LogP contribution in [0.4, 0.5) is 11.5 Å². The Morgan fingerprint density at radius 2 is 1.90 bits per heavy atom. The van der Waals surface area contributed by atoms with E-state index in [1.165, 1.54) is 0 Å². The van der Waals surface area contributed by atoms with Crippen LogP contribution in [0.3, 0.4) is 0 Å². The normalized spacial score (nSPS) is 10.1. The zero-order chi connectivity index (χ0) is 14.4. The average molecular weight is 271 g/mol. The number of rotatable bonds is 5. The average Bonchev–Trinajstić information content (AvgIpc) is 2.50. The molecular formula is C14H17N5O. The van der Waals surface area contributed by atoms with E-state index in [4.69, 9.17) is 0 Å². The molecule has 0 radical (unpaired) electrons. The summed E-state index contributed by atoms with van der Waals surface area (Å²) in [6.45, 7) is 5.21. The van der Waals surface area contributed by atoms with Crippen LogP contribution >= 0.6 is 0 Å². The Bertz CT molecular complexity index is 556. The molecule has 0 fully saturated rings. The van der Waals surface area contributed by atoms with Crippen molar-refractivity contribution in [3.63, 3.8) is 0 Å². The Balaban J connectivity index is 2.20. The first-order valence-electron chi connectivity index (χ1n) is 6.55. The van der Waals surface area contributed by atoms with Gasteiger partial charge in [-0.1, -0.05) is 0 Å². The third-order valence-electron chi connectivity index (χ3n) is 2.78. The first-order valence-corrected chi connectivity index (χ1v) is 6.55. The van der Waals surface area contributed by atoms with Gasteiger partial charge in [0, 0.05) is 31.2 Å². The number of aromatic nitrogens is 3. The number of nitrogens with one attached hydrogen (secondary N) is 1. The van der Waals surface area contributed by atoms with Crippen LogP contribution in [0.5, 0.6) is 0 Å². The number of nitrogens with zero attached hydrogens (tertiary/aromatic N) is 4. The maximum Gasteiger partial charge on any atom is 0.278 e. The smallest absolute Gasteiger partial charge is 0.278 e. The number of hydrogen-bond acceptors (Lipinski definition) is 5. The van der Waals surface area contributed by atoms with Crippen molar-refractivity contribution in [3.8, 4) is 0 Å². The van der Waals surface area contributed by atoms with Crippen molar-refractivity contribution in [3.05, 3.63) is 42.4 Å². The molecule has 0 aliphatic rings. The number of hydrogen-bond donors (Lipinski definition) is 1. The lowest BCUT2D eigenvalue weighted by Gasteiger charge is -2.20. The van der Waals surface area contributed by atoms with Crippen LogP contribution in [0.25, 0.3) is 0 Å². The van der Waals surface area contributed by atoms with E-state index in [9.17, 15) is 4.79 Å². The highest BCUT2D eigenvalue weighted by atomic mass is 16.2. The number of carbonyl (C=O) groups excluding carboxylic acids is 1. The Morgan fingerprint density at radius 1 is 1.15 bits per heavy atom. The largest absolute Gasteiger partial charge is 0.369 e. The lowest BCUT2D eigenvalue weighted by atomic mass is 10.3. The summed E-state index contributed by atoms with van der Waals surface area (Å²) in [6, 6.07) is 7.02. The van der Waals surface area contributed by atoms with Gasteiger partial charge < -0.3 is 10.2 Å². The second-order valence-electron chi connectivity index (χ2n) is 4.09. The quantitative estimate of drug-likeness (QED) is 0.900. The fourth-order valence-electron chi connectivity index (χ4n) is 1.83. The molecule has 104 valence electrons. The summed E-state index contributed by atoms with van der Waals surface area (Å²) in [7, 11) is 0. The van der Waals surface area contributed by atoms with E-state index in [2.05, 4.69) is 20.5 Å². The summed E-state index contributed by atoms with van der Waals surface area (Å²) >= 11 is 0. The van der Waals surface area contributed by atoms with Gasteiger partial charge in [-0.15, -0.1) is 10.2 Å². The zero-order valence-corrected chi connectivity index (χ0v) is 11.6. The molecule has 0 saturated heterocycles. The van der Waals surface area contributed by atoms with Gasteiger partial charge in [0.1, 0.15) is 5.82 Å². The third kappa shape index (κ3) is 3.09. The molecule has 2 heterocycles. The minimum atomic E-state index is -0.172. The summed E-state index contributed by atoms with van der Waals surface area (Å²) in [5, 5.41) is 11.0. The van der Waals surface area contributed by atoms with Crippen LogP contribution in [0, 0.1) is 0 Å². The fraction of sp³-hybridized carbons (Fsp3) is 0.286. The molecule has 0 saturated carbocycles. The highest BCUT2D eigenvalue weighted by molar-refractivity contribution is 6.04. The molecule has 0 spiro atoms. The number of carbonyl (C=O) groups is 1. The molecule has 0 unspecified atom stereocenters. The minimum absolute atomic E-state index is 0.172. The molecule has 0 aromatic carbocycles. The highest BCUT2D eigenvalue weighted by Gasteiger charge is 2.17. The van der Waals surface area contributed by atoms with Crippen molar-refractivity contribution in [2.75, 3.05) is 23.3 Å². The van der Waals surface area contributed by atoms with E-state index in [1.807, 2.05) is 13.8 Å². The van der Waals surface area contributed by atoms with Crippen LogP contribution in [-0.4, -0.2) is 34.2 Å². The number of amides is 1. The Hall–Kier alpha value is -2.50. The molecule has 2 rings (SSSR count). The highest BCUT2D eigenvalue weighted by Crippen LogP contribution is 2.15. The van der Waals surface area contributed by atoms with Gasteiger partial charge in [0.05, 0.1) is 0 Å². The maximum atomic E-state index is 12.4. The fourth-order valence-corrected chi connectivity index (χ4v) is 1.83. The minimum Gasteiger partial charge on any atom is -0.369 e. The van der Waals surface area contributed by atoms with Gasteiger partial charge >= 0.3 is 0 Å². The molecule has 1 amide bonds. The van der Waals surface area contributed by atoms with Crippen LogP contribution in [0.1, 0.15) is 24.3 Å². The van der Waals surface area contributed by atoms with Crippen molar-refractivity contribution in [2.24, 2.45) is 0 Å². The van der Waals surface area contributed by atoms with E-state index in [0.29, 0.717) is 18.1 Å². The Morgan fingerprint density at radius 3 is 2.45 bits per heavy atom. The summed E-state index contributed by atoms with van der Waals surface area (Å²) < 4.78 is 0. The van der Waals surface area contributed by atoms with E-state index >= 15 is 0 Å². The second-order valence-corrected chi connectivity index (χ2v) is 4.09. The molecule has 0 aliphatic carbocycles. The molecule has 0 bridgehead atoms. The van der Waals surface area contributed by atoms with Gasteiger partial charge in [-0.05, 0) is 38.1 Å². The first-order chi connectivity index (χ1) is 9.76. The van der Waals surface area contributed by atoms with Gasteiger partial charge in [-0.2, -0.15) is 0 Å². The zero-order valence-electron chi connectivity index (χ0n) is 11.6. The van der Waals surface area contributed by atoms with E-state index in [-0.39, 0.29) is 5.91 Å². The molecule has 0 aliphatic heterocycles. The van der Waals surface area contributed by atoms with Crippen LogP contribution in [0.2, 0.25) is 0 Å². The van der Waals surface area contributed by atoms with Crippen LogP contribution in [-0.2, 0) is 0 Å². The number of pyridine rings is 1. The summed E-state index contributed by atoms with van der Waals surface area (Å²) in [6.07, 6.45) is 3.32. The first kappa shape index (κ1) is 13.9. The second kappa shape index (κ2) is 6.60. The van der Waals surface area contributed by atoms with Crippen molar-refractivity contribution < 1.29 is 4.79 Å². The summed E-state index contributed by atoms with van der Waals surface area (Å²) in [4.78, 5) is 18.0. The van der Waals surface area contributed by atoms with Crippen LogP contribution < -0.4 is 10.2 Å². The maximum absolute atomic E-state index is 12.4. The molecule has 1 N–H and O–H groups in total. The van der Waals surface area contributed by atoms with E-state index in [0.717, 1.165) is 12.2 Å². The van der Waals surface area contributed by atoms with E-state index in [1.54, 1.807) is 41.6 Å². The lowest BCUT2D eigenvalue weighted by Crippen LogP contribution is -2.31. The SMILES string of the molecule is CCNc1ccc(C(=O)N(CC)c2ccncc2)nn1. The van der Waals surface area contributed by atoms with Gasteiger partial charge in [0.15, 0.2) is 5.69 Å². The molecule has 2 aromatic rings. The van der Waals surface area contributed by atoms with Gasteiger partial charge in [-0.25, -0.2) is 0 Å². The third-order valence-corrected chi connectivity index (χ3v) is 2.78. The van der Waals surface area contributed by atoms with Gasteiger partial charge in [-0.3, -0.25) is 9.78 Å². The Kier molecular flexibility index (Phi) is 4.60. The Labute approximate surface area is 117 Å². The topological polar surface area (TPSA) is 71.0 Å². The van der Waals surface area contributed by atoms with E-state index < -0.39 is 0 Å². The number of anilines is 2. The van der Waals surface area contributed by atoms with Crippen molar-refractivity contribution >= 4 is 17.4 Å². The lowest BCUT2D eigenvalue weighted by molar-refractivity contribution is 0.0982. The van der Waals surface area contributed by atoms with Gasteiger partial charge in [0.25, 0.3) is 5.91 Å². The van der Waals surface area contributed by atoms with Crippen molar-refractivity contribution in [2.45, 2.75) is 13.8 Å². The predicted octanol–water partition coefficient (Wildman–Crippen LogP) is 1.97. The molecule has 6 heteroatoms. The standard InChI is InChI=1S/C14H17N5O/c1-3-16-13-6-5-12(17-18-13)14(20)19(4-2)11-7-9-15-10-8-11/h5-10H,3-4H2,1-2H3,(H,16,18). The van der Waals surface area contributed by atoms with Crippen molar-refractivity contribution in [1.82, 2.24) is 15.2 Å². The summed E-state index contributed by atoms with van der Waals surface area (Å²) in [5.41, 5.74) is 1.12. The monoisotopic (exact) mass is 271 g/mol. The molecule has 0 atom stereocenters. The molecular weight excluding hydrogens is 254 g/mol. The molecule has 6 nitrogen and oxygen atoms in total.